The van der Waals surface area contributed by atoms with Gasteiger partial charge in [-0.3, -0.25) is 4.79 Å². The first-order valence-electron chi connectivity index (χ1n) is 14.6. The highest BCUT2D eigenvalue weighted by Gasteiger charge is 2.33. The van der Waals surface area contributed by atoms with Crippen LogP contribution in [0.25, 0.3) is 11.3 Å². The summed E-state index contributed by atoms with van der Waals surface area (Å²) in [6.07, 6.45) is 4.35. The molecule has 3 heterocycles. The van der Waals surface area contributed by atoms with E-state index in [1.807, 2.05) is 30.3 Å². The van der Waals surface area contributed by atoms with Gasteiger partial charge >= 0.3 is 0 Å². The van der Waals surface area contributed by atoms with Crippen LogP contribution in [-0.2, 0) is 4.79 Å². The van der Waals surface area contributed by atoms with Crippen molar-refractivity contribution in [2.24, 2.45) is 5.92 Å². The van der Waals surface area contributed by atoms with E-state index >= 15 is 0 Å². The van der Waals surface area contributed by atoms with Crippen LogP contribution in [0.3, 0.4) is 0 Å². The number of likely N-dealkylation sites (tertiary alicyclic amines) is 1. The van der Waals surface area contributed by atoms with Crippen LogP contribution in [0.5, 0.6) is 5.75 Å². The van der Waals surface area contributed by atoms with Crippen molar-refractivity contribution in [1.29, 1.82) is 0 Å². The molecule has 41 heavy (non-hydrogen) atoms. The van der Waals surface area contributed by atoms with E-state index < -0.39 is 12.1 Å². The maximum Gasteiger partial charge on any atom is 0.225 e. The Kier molecular flexibility index (Phi) is 8.42. The predicted molar refractivity (Wildman–Crippen MR) is 158 cm³/mol. The monoisotopic (exact) mass is 578 g/mol. The number of aliphatic hydroxyl groups excluding tert-OH is 1. The number of aromatic nitrogens is 1. The number of carbonyl (C=O) groups excluding carboxylic acids is 1. The van der Waals surface area contributed by atoms with E-state index in [1.54, 1.807) is 18.2 Å². The zero-order valence-electron chi connectivity index (χ0n) is 23.0. The summed E-state index contributed by atoms with van der Waals surface area (Å²) in [4.78, 5) is 22.7. The van der Waals surface area contributed by atoms with E-state index in [4.69, 9.17) is 21.3 Å². The standard InChI is InChI=1S/C32H36ClFN4O3/c33-26-18-22(8-13-29(26)41-25-11-12-25)31(39)28(20-37-15-1-2-16-37)36-32(40)23-14-17-38(19-23)30-5-3-4-27(35-30)21-6-9-24(34)10-7-21/h3-10,13,18,23,25,28,31,39H,1-2,11-12,14-17,19-20H2,(H,36,40)/t23?,28-,31-/m1/s1. The first-order valence-corrected chi connectivity index (χ1v) is 15.0. The van der Waals surface area contributed by atoms with Crippen LogP contribution < -0.4 is 15.0 Å². The van der Waals surface area contributed by atoms with E-state index in [1.165, 1.54) is 12.1 Å². The predicted octanol–water partition coefficient (Wildman–Crippen LogP) is 5.22. The van der Waals surface area contributed by atoms with E-state index in [0.29, 0.717) is 42.4 Å². The van der Waals surface area contributed by atoms with Crippen molar-refractivity contribution < 1.29 is 19.0 Å². The molecule has 7 nitrogen and oxygen atoms in total. The maximum atomic E-state index is 13.5. The summed E-state index contributed by atoms with van der Waals surface area (Å²) in [7, 11) is 0. The van der Waals surface area contributed by atoms with Crippen molar-refractivity contribution in [3.05, 3.63) is 77.1 Å². The molecule has 1 unspecified atom stereocenters. The molecular formula is C32H36ClFN4O3. The zero-order valence-corrected chi connectivity index (χ0v) is 23.8. The van der Waals surface area contributed by atoms with Crippen LogP contribution in [0.15, 0.2) is 60.7 Å². The SMILES string of the molecule is O=C(N[C@H](CN1CCCC1)[C@H](O)c1ccc(OC2CC2)c(Cl)c1)C1CCN(c2cccc(-c3ccc(F)cc3)n2)C1. The van der Waals surface area contributed by atoms with Gasteiger partial charge in [-0.15, -0.1) is 0 Å². The number of hydrogen-bond acceptors (Lipinski definition) is 6. The Morgan fingerprint density at radius 2 is 1.85 bits per heavy atom. The van der Waals surface area contributed by atoms with Gasteiger partial charge in [-0.2, -0.15) is 0 Å². The Labute approximate surface area is 245 Å². The minimum atomic E-state index is -0.904. The van der Waals surface area contributed by atoms with Crippen molar-refractivity contribution in [3.8, 4) is 17.0 Å². The fraction of sp³-hybridized carbons (Fsp3) is 0.438. The molecule has 0 bridgehead atoms. The van der Waals surface area contributed by atoms with Crippen LogP contribution in [0.4, 0.5) is 10.2 Å². The molecule has 9 heteroatoms. The van der Waals surface area contributed by atoms with Gasteiger partial charge < -0.3 is 25.0 Å². The number of halogens is 2. The number of ether oxygens (including phenoxy) is 1. The molecule has 2 aliphatic heterocycles. The summed E-state index contributed by atoms with van der Waals surface area (Å²) >= 11 is 6.50. The average Bonchev–Trinajstić information content (AvgIpc) is 3.42. The number of rotatable bonds is 10. The third-order valence-corrected chi connectivity index (χ3v) is 8.53. The molecule has 0 radical (unpaired) electrons. The summed E-state index contributed by atoms with van der Waals surface area (Å²) in [5.41, 5.74) is 2.27. The number of benzene rings is 2. The maximum absolute atomic E-state index is 13.5. The Morgan fingerprint density at radius 3 is 2.59 bits per heavy atom. The van der Waals surface area contributed by atoms with Gasteiger partial charge in [0.05, 0.1) is 28.8 Å². The van der Waals surface area contributed by atoms with E-state index in [9.17, 15) is 14.3 Å². The fourth-order valence-electron chi connectivity index (χ4n) is 5.73. The van der Waals surface area contributed by atoms with Crippen LogP contribution in [0, 0.1) is 11.7 Å². The van der Waals surface area contributed by atoms with Crippen LogP contribution >= 0.6 is 11.6 Å². The molecule has 6 rings (SSSR count). The van der Waals surface area contributed by atoms with Gasteiger partial charge in [0.25, 0.3) is 0 Å². The molecule has 3 fully saturated rings. The van der Waals surface area contributed by atoms with Crippen LogP contribution in [0.2, 0.25) is 5.02 Å². The Bertz CT molecular complexity index is 1360. The molecule has 2 saturated heterocycles. The van der Waals surface area contributed by atoms with Gasteiger partial charge in [0.15, 0.2) is 0 Å². The normalized spacial score (nSPS) is 20.7. The molecule has 1 aromatic heterocycles. The number of amides is 1. The van der Waals surface area contributed by atoms with Gasteiger partial charge in [0.1, 0.15) is 23.5 Å². The van der Waals surface area contributed by atoms with E-state index in [-0.39, 0.29) is 23.7 Å². The highest BCUT2D eigenvalue weighted by Crippen LogP contribution is 2.34. The van der Waals surface area contributed by atoms with E-state index in [0.717, 1.165) is 55.8 Å². The molecule has 3 aliphatic rings. The summed E-state index contributed by atoms with van der Waals surface area (Å²) in [5, 5.41) is 15.1. The summed E-state index contributed by atoms with van der Waals surface area (Å²) < 4.78 is 19.2. The molecular weight excluding hydrogens is 543 g/mol. The lowest BCUT2D eigenvalue weighted by Crippen LogP contribution is -2.48. The van der Waals surface area contributed by atoms with Crippen LogP contribution in [0.1, 0.15) is 43.8 Å². The van der Waals surface area contributed by atoms with Crippen LogP contribution in [-0.4, -0.2) is 65.8 Å². The number of nitrogens with zero attached hydrogens (tertiary/aromatic N) is 3. The third kappa shape index (κ3) is 6.83. The quantitative estimate of drug-likeness (QED) is 0.343. The van der Waals surface area contributed by atoms with Crippen molar-refractivity contribution in [3.63, 3.8) is 0 Å². The molecule has 3 aromatic rings. The minimum absolute atomic E-state index is 0.0646. The van der Waals surface area contributed by atoms with Gasteiger partial charge in [-0.05, 0) is 99.3 Å². The Morgan fingerprint density at radius 1 is 1.07 bits per heavy atom. The zero-order chi connectivity index (χ0) is 28.3. The second-order valence-corrected chi connectivity index (χ2v) is 11.8. The smallest absolute Gasteiger partial charge is 0.225 e. The number of aliphatic hydroxyl groups is 1. The van der Waals surface area contributed by atoms with Gasteiger partial charge in [0.2, 0.25) is 5.91 Å². The Balaban J connectivity index is 1.13. The molecule has 2 aromatic carbocycles. The summed E-state index contributed by atoms with van der Waals surface area (Å²) in [6, 6.07) is 17.0. The highest BCUT2D eigenvalue weighted by molar-refractivity contribution is 6.32. The lowest BCUT2D eigenvalue weighted by atomic mass is 10.00. The molecule has 0 spiro atoms. The van der Waals surface area contributed by atoms with E-state index in [2.05, 4.69) is 15.1 Å². The Hall–Kier alpha value is -3.20. The first kappa shape index (κ1) is 27.9. The lowest BCUT2D eigenvalue weighted by molar-refractivity contribution is -0.126. The van der Waals surface area contributed by atoms with Crippen molar-refractivity contribution in [1.82, 2.24) is 15.2 Å². The topological polar surface area (TPSA) is 77.9 Å². The molecule has 1 saturated carbocycles. The van der Waals surface area contributed by atoms with Gasteiger partial charge in [0, 0.05) is 25.2 Å². The number of hydrogen-bond donors (Lipinski definition) is 2. The third-order valence-electron chi connectivity index (χ3n) is 8.24. The number of nitrogens with one attached hydrogen (secondary N) is 1. The second kappa shape index (κ2) is 12.3. The summed E-state index contributed by atoms with van der Waals surface area (Å²) in [6.45, 7) is 3.73. The highest BCUT2D eigenvalue weighted by atomic mass is 35.5. The minimum Gasteiger partial charge on any atom is -0.489 e. The van der Waals surface area contributed by atoms with Crippen molar-refractivity contribution >= 4 is 23.3 Å². The van der Waals surface area contributed by atoms with Gasteiger partial charge in [-0.1, -0.05) is 23.7 Å². The second-order valence-electron chi connectivity index (χ2n) is 11.4. The molecule has 2 N–H and O–H groups in total. The van der Waals surface area contributed by atoms with Crippen molar-refractivity contribution in [2.45, 2.75) is 50.4 Å². The molecule has 3 atom stereocenters. The molecule has 216 valence electrons. The number of anilines is 1. The first-order chi connectivity index (χ1) is 19.9. The molecule has 1 aliphatic carbocycles. The average molecular weight is 579 g/mol. The van der Waals surface area contributed by atoms with Gasteiger partial charge in [-0.25, -0.2) is 9.37 Å². The summed E-state index contributed by atoms with van der Waals surface area (Å²) in [5.74, 6) is 0.851. The fourth-order valence-corrected chi connectivity index (χ4v) is 5.96. The lowest BCUT2D eigenvalue weighted by Gasteiger charge is -2.30. The number of pyridine rings is 1. The van der Waals surface area contributed by atoms with Crippen molar-refractivity contribution in [2.75, 3.05) is 37.6 Å². The number of carbonyl (C=O) groups is 1. The largest absolute Gasteiger partial charge is 0.489 e. The molecule has 1 amide bonds.